The van der Waals surface area contributed by atoms with Crippen LogP contribution >= 0.6 is 0 Å². The summed E-state index contributed by atoms with van der Waals surface area (Å²) in [5, 5.41) is 2.73. The summed E-state index contributed by atoms with van der Waals surface area (Å²) in [6.07, 6.45) is 2.04. The van der Waals surface area contributed by atoms with Crippen LogP contribution in [0.1, 0.15) is 25.3 Å². The highest BCUT2D eigenvalue weighted by atomic mass is 16.5. The Bertz CT molecular complexity index is 852. The van der Waals surface area contributed by atoms with E-state index >= 15 is 0 Å². The first-order chi connectivity index (χ1) is 14.5. The quantitative estimate of drug-likeness (QED) is 0.706. The number of hydrogen-bond acceptors (Lipinski definition) is 6. The summed E-state index contributed by atoms with van der Waals surface area (Å²) in [6.45, 7) is 7.08. The van der Waals surface area contributed by atoms with Gasteiger partial charge in [0.25, 0.3) is 11.8 Å². The van der Waals surface area contributed by atoms with Gasteiger partial charge < -0.3 is 15.0 Å². The molecule has 1 aromatic rings. The normalized spacial score (nSPS) is 20.4. The molecule has 0 bridgehead atoms. The van der Waals surface area contributed by atoms with Gasteiger partial charge in [0.05, 0.1) is 18.8 Å². The monoisotopic (exact) mass is 412 g/mol. The van der Waals surface area contributed by atoms with Gasteiger partial charge in [-0.15, -0.1) is 0 Å². The molecular weight excluding hydrogens is 384 g/mol. The van der Waals surface area contributed by atoms with E-state index in [1.165, 1.54) is 11.8 Å². The Morgan fingerprint density at radius 1 is 0.967 bits per heavy atom. The smallest absolute Gasteiger partial charge is 0.277 e. The Hall–Kier alpha value is -2.71. The van der Waals surface area contributed by atoms with Crippen LogP contribution < -0.4 is 5.32 Å². The first kappa shape index (κ1) is 20.6. The Morgan fingerprint density at radius 3 is 2.27 bits per heavy atom. The molecule has 4 rings (SSSR count). The number of ether oxygens (including phenoxy) is 1. The van der Waals surface area contributed by atoms with Crippen molar-refractivity contribution in [3.63, 3.8) is 0 Å². The molecule has 1 aromatic carbocycles. The van der Waals surface area contributed by atoms with E-state index in [4.69, 9.17) is 4.74 Å². The molecule has 0 aromatic heterocycles. The fourth-order valence-electron chi connectivity index (χ4n) is 4.25. The second kappa shape index (κ2) is 8.97. The average Bonchev–Trinajstić information content (AvgIpc) is 3.34. The summed E-state index contributed by atoms with van der Waals surface area (Å²) in [7, 11) is 0. The number of hydrogen-bond donors (Lipinski definition) is 1. The molecule has 3 heterocycles. The van der Waals surface area contributed by atoms with Gasteiger partial charge >= 0.3 is 0 Å². The van der Waals surface area contributed by atoms with E-state index in [0.29, 0.717) is 48.8 Å². The van der Waals surface area contributed by atoms with Gasteiger partial charge in [-0.2, -0.15) is 0 Å². The number of nitrogens with one attached hydrogen (secondary N) is 1. The van der Waals surface area contributed by atoms with E-state index in [1.54, 1.807) is 24.3 Å². The maximum absolute atomic E-state index is 13.3. The van der Waals surface area contributed by atoms with Crippen LogP contribution in [0.3, 0.4) is 0 Å². The fourth-order valence-corrected chi connectivity index (χ4v) is 4.25. The molecule has 0 unspecified atom stereocenters. The highest BCUT2D eigenvalue weighted by Gasteiger charge is 2.42. The largest absolute Gasteiger partial charge is 0.379 e. The molecule has 0 saturated carbocycles. The van der Waals surface area contributed by atoms with Crippen LogP contribution in [0.2, 0.25) is 0 Å². The molecule has 1 N–H and O–H groups in total. The zero-order valence-electron chi connectivity index (χ0n) is 17.4. The van der Waals surface area contributed by atoms with Crippen molar-refractivity contribution in [1.29, 1.82) is 0 Å². The number of benzene rings is 1. The number of anilines is 1. The third kappa shape index (κ3) is 4.24. The van der Waals surface area contributed by atoms with Gasteiger partial charge in [-0.1, -0.05) is 12.1 Å². The van der Waals surface area contributed by atoms with Gasteiger partial charge in [0, 0.05) is 51.9 Å². The van der Waals surface area contributed by atoms with Gasteiger partial charge in [0.1, 0.15) is 5.70 Å². The lowest BCUT2D eigenvalue weighted by atomic mass is 10.0. The van der Waals surface area contributed by atoms with E-state index in [-0.39, 0.29) is 17.7 Å². The Balaban J connectivity index is 1.58. The minimum Gasteiger partial charge on any atom is -0.379 e. The maximum atomic E-state index is 13.3. The predicted molar refractivity (Wildman–Crippen MR) is 112 cm³/mol. The second-order valence-electron chi connectivity index (χ2n) is 7.89. The van der Waals surface area contributed by atoms with Crippen LogP contribution in [0.15, 0.2) is 30.0 Å². The van der Waals surface area contributed by atoms with Crippen LogP contribution in [0, 0.1) is 0 Å². The lowest BCUT2D eigenvalue weighted by Crippen LogP contribution is -2.44. The van der Waals surface area contributed by atoms with Crippen molar-refractivity contribution in [2.24, 2.45) is 0 Å². The molecule has 0 aliphatic carbocycles. The van der Waals surface area contributed by atoms with Crippen molar-refractivity contribution in [1.82, 2.24) is 14.7 Å². The number of rotatable bonds is 6. The first-order valence-electron chi connectivity index (χ1n) is 10.6. The predicted octanol–water partition coefficient (Wildman–Crippen LogP) is 1.15. The molecule has 2 fully saturated rings. The molecule has 0 radical (unpaired) electrons. The molecule has 3 aliphatic rings. The topological polar surface area (TPSA) is 82.2 Å². The van der Waals surface area contributed by atoms with Crippen molar-refractivity contribution in [3.8, 4) is 0 Å². The highest BCUT2D eigenvalue weighted by Crippen LogP contribution is 2.33. The molecule has 2 saturated heterocycles. The van der Waals surface area contributed by atoms with E-state index < -0.39 is 0 Å². The summed E-state index contributed by atoms with van der Waals surface area (Å²) in [5.74, 6) is -0.584. The lowest BCUT2D eigenvalue weighted by molar-refractivity contribution is -0.137. The summed E-state index contributed by atoms with van der Waals surface area (Å²) in [5.41, 5.74) is 2.36. The van der Waals surface area contributed by atoms with Crippen molar-refractivity contribution in [3.05, 3.63) is 35.5 Å². The zero-order valence-corrected chi connectivity index (χ0v) is 17.4. The van der Waals surface area contributed by atoms with Crippen LogP contribution in [0.5, 0.6) is 0 Å². The molecule has 160 valence electrons. The number of imide groups is 1. The number of carbonyl (C=O) groups is 3. The molecule has 8 nitrogen and oxygen atoms in total. The van der Waals surface area contributed by atoms with Gasteiger partial charge in [-0.25, -0.2) is 0 Å². The number of morpholine rings is 1. The molecular formula is C22H28N4O4. The molecule has 3 amide bonds. The van der Waals surface area contributed by atoms with Gasteiger partial charge in [-0.3, -0.25) is 24.2 Å². The number of carbonyl (C=O) groups excluding carboxylic acids is 3. The standard InChI is InChI=1S/C22H28N4O4/c1-16(27)23-18-6-4-17(5-7-18)19-20(25-8-2-3-9-25)22(29)26(21(19)28)11-10-24-12-14-30-15-13-24/h4-7H,2-3,8-15H2,1H3,(H,23,27). The van der Waals surface area contributed by atoms with Crippen molar-refractivity contribution < 1.29 is 19.1 Å². The average molecular weight is 412 g/mol. The summed E-state index contributed by atoms with van der Waals surface area (Å²) >= 11 is 0. The van der Waals surface area contributed by atoms with E-state index in [2.05, 4.69) is 10.2 Å². The number of nitrogens with zero attached hydrogens (tertiary/aromatic N) is 3. The van der Waals surface area contributed by atoms with E-state index in [9.17, 15) is 14.4 Å². The summed E-state index contributed by atoms with van der Waals surface area (Å²) in [4.78, 5) is 43.5. The molecule has 30 heavy (non-hydrogen) atoms. The van der Waals surface area contributed by atoms with Crippen molar-refractivity contribution >= 4 is 29.0 Å². The first-order valence-corrected chi connectivity index (χ1v) is 10.6. The fraction of sp³-hybridized carbons (Fsp3) is 0.500. The maximum Gasteiger partial charge on any atom is 0.277 e. The minimum absolute atomic E-state index is 0.152. The zero-order chi connectivity index (χ0) is 21.1. The van der Waals surface area contributed by atoms with Gasteiger partial charge in [0.15, 0.2) is 0 Å². The molecule has 0 spiro atoms. The summed E-state index contributed by atoms with van der Waals surface area (Å²) in [6, 6.07) is 7.12. The second-order valence-corrected chi connectivity index (χ2v) is 7.89. The van der Waals surface area contributed by atoms with Crippen LogP contribution in [0.4, 0.5) is 5.69 Å². The molecule has 8 heteroatoms. The van der Waals surface area contributed by atoms with Crippen molar-refractivity contribution in [2.45, 2.75) is 19.8 Å². The Morgan fingerprint density at radius 2 is 1.63 bits per heavy atom. The minimum atomic E-state index is -0.234. The Labute approximate surface area is 176 Å². The van der Waals surface area contributed by atoms with Crippen LogP contribution in [-0.2, 0) is 19.1 Å². The van der Waals surface area contributed by atoms with Gasteiger partial charge in [-0.05, 0) is 30.5 Å². The number of amides is 3. The van der Waals surface area contributed by atoms with E-state index in [0.717, 1.165) is 39.0 Å². The Kier molecular flexibility index (Phi) is 6.15. The summed E-state index contributed by atoms with van der Waals surface area (Å²) < 4.78 is 5.38. The molecule has 3 aliphatic heterocycles. The third-order valence-corrected chi connectivity index (χ3v) is 5.80. The van der Waals surface area contributed by atoms with Crippen molar-refractivity contribution in [2.75, 3.05) is 57.8 Å². The van der Waals surface area contributed by atoms with Gasteiger partial charge in [0.2, 0.25) is 5.91 Å². The van der Waals surface area contributed by atoms with Crippen LogP contribution in [-0.4, -0.2) is 84.9 Å². The highest BCUT2D eigenvalue weighted by molar-refractivity contribution is 6.35. The van der Waals surface area contributed by atoms with Crippen LogP contribution in [0.25, 0.3) is 5.57 Å². The molecule has 0 atom stereocenters. The lowest BCUT2D eigenvalue weighted by Gasteiger charge is -2.28. The SMILES string of the molecule is CC(=O)Nc1ccc(C2=C(N3CCCC3)C(=O)N(CCN3CCOCC3)C2=O)cc1. The third-order valence-electron chi connectivity index (χ3n) is 5.80. The number of likely N-dealkylation sites (tertiary alicyclic amines) is 1. The van der Waals surface area contributed by atoms with E-state index in [1.807, 2.05) is 4.90 Å².